The highest BCUT2D eigenvalue weighted by Gasteiger charge is 2.41. The minimum Gasteiger partial charge on any atom is -0.490 e. The molecule has 1 aromatic carbocycles. The number of halogens is 3. The molecular weight excluding hydrogens is 307 g/mol. The van der Waals surface area contributed by atoms with E-state index in [1.807, 2.05) is 6.92 Å². The Morgan fingerprint density at radius 2 is 1.83 bits per heavy atom. The van der Waals surface area contributed by atoms with Gasteiger partial charge in [-0.05, 0) is 37.5 Å². The van der Waals surface area contributed by atoms with Crippen LogP contribution in [0, 0.1) is 11.8 Å². The SMILES string of the molecule is CCCOc1cc(C(F)(F)F)ccc1OC1[C@@H]2CC[C@H]1CNC2. The molecule has 1 N–H and O–H groups in total. The normalized spacial score (nSPS) is 27.0. The minimum absolute atomic E-state index is 0.0666. The predicted molar refractivity (Wildman–Crippen MR) is 80.7 cm³/mol. The molecule has 1 aliphatic carbocycles. The number of rotatable bonds is 5. The molecule has 0 amide bonds. The van der Waals surface area contributed by atoms with Gasteiger partial charge in [0.05, 0.1) is 12.2 Å². The molecule has 2 fully saturated rings. The fourth-order valence-corrected chi connectivity index (χ4v) is 3.48. The van der Waals surface area contributed by atoms with Gasteiger partial charge >= 0.3 is 6.18 Å². The average Bonchev–Trinajstić information content (AvgIpc) is 2.73. The van der Waals surface area contributed by atoms with Crippen molar-refractivity contribution in [3.8, 4) is 11.5 Å². The summed E-state index contributed by atoms with van der Waals surface area (Å²) in [6.07, 6.45) is -1.37. The second-order valence-electron chi connectivity index (χ2n) is 6.35. The van der Waals surface area contributed by atoms with E-state index in [4.69, 9.17) is 9.47 Å². The fourth-order valence-electron chi connectivity index (χ4n) is 3.48. The molecule has 1 saturated heterocycles. The van der Waals surface area contributed by atoms with Crippen LogP contribution >= 0.6 is 0 Å². The Bertz CT molecular complexity index is 531. The van der Waals surface area contributed by atoms with Crippen molar-refractivity contribution in [1.82, 2.24) is 5.32 Å². The van der Waals surface area contributed by atoms with Gasteiger partial charge in [0, 0.05) is 24.9 Å². The van der Waals surface area contributed by atoms with Crippen LogP contribution in [0.25, 0.3) is 0 Å². The first kappa shape index (κ1) is 16.4. The third kappa shape index (κ3) is 3.57. The van der Waals surface area contributed by atoms with Gasteiger partial charge in [-0.15, -0.1) is 0 Å². The van der Waals surface area contributed by atoms with E-state index in [0.29, 0.717) is 24.2 Å². The molecule has 3 rings (SSSR count). The summed E-state index contributed by atoms with van der Waals surface area (Å²) in [6, 6.07) is 3.51. The van der Waals surface area contributed by atoms with Gasteiger partial charge in [-0.2, -0.15) is 13.2 Å². The topological polar surface area (TPSA) is 30.5 Å². The third-order valence-electron chi connectivity index (χ3n) is 4.65. The Morgan fingerprint density at radius 1 is 1.13 bits per heavy atom. The van der Waals surface area contributed by atoms with Crippen LogP contribution in [-0.2, 0) is 6.18 Å². The second kappa shape index (κ2) is 6.59. The predicted octanol–water partition coefficient (Wildman–Crippen LogP) is 3.87. The number of nitrogens with one attached hydrogen (secondary N) is 1. The molecule has 1 aromatic rings. The van der Waals surface area contributed by atoms with E-state index in [1.54, 1.807) is 0 Å². The van der Waals surface area contributed by atoms with Crippen molar-refractivity contribution in [2.45, 2.75) is 38.5 Å². The lowest BCUT2D eigenvalue weighted by Gasteiger charge is -2.31. The first-order valence-electron chi connectivity index (χ1n) is 8.20. The van der Waals surface area contributed by atoms with Crippen LogP contribution in [0.5, 0.6) is 11.5 Å². The van der Waals surface area contributed by atoms with E-state index in [-0.39, 0.29) is 11.9 Å². The molecular formula is C17H22F3NO2. The van der Waals surface area contributed by atoms with Gasteiger partial charge in [-0.1, -0.05) is 6.92 Å². The minimum atomic E-state index is -4.38. The third-order valence-corrected chi connectivity index (χ3v) is 4.65. The van der Waals surface area contributed by atoms with Crippen molar-refractivity contribution in [3.63, 3.8) is 0 Å². The standard InChI is InChI=1S/C17H22F3NO2/c1-2-7-22-15-8-13(17(18,19)20)5-6-14(15)23-16-11-3-4-12(16)10-21-9-11/h5-6,8,11-12,16,21H,2-4,7,9-10H2,1H3/t11-,12+,16?. The lowest BCUT2D eigenvalue weighted by molar-refractivity contribution is -0.137. The molecule has 1 saturated carbocycles. The molecule has 0 spiro atoms. The molecule has 1 heterocycles. The zero-order valence-corrected chi connectivity index (χ0v) is 13.2. The Labute approximate surface area is 134 Å². The lowest BCUT2D eigenvalue weighted by atomic mass is 9.96. The molecule has 1 aliphatic heterocycles. The second-order valence-corrected chi connectivity index (χ2v) is 6.35. The highest BCUT2D eigenvalue weighted by Crippen LogP contribution is 2.41. The van der Waals surface area contributed by atoms with E-state index in [9.17, 15) is 13.2 Å². The van der Waals surface area contributed by atoms with Gasteiger partial charge in [0.15, 0.2) is 11.5 Å². The maximum atomic E-state index is 12.9. The van der Waals surface area contributed by atoms with E-state index in [2.05, 4.69) is 5.32 Å². The van der Waals surface area contributed by atoms with Gasteiger partial charge in [0.25, 0.3) is 0 Å². The molecule has 6 heteroatoms. The van der Waals surface area contributed by atoms with Crippen LogP contribution < -0.4 is 14.8 Å². The number of fused-ring (bicyclic) bond motifs is 2. The Hall–Kier alpha value is -1.43. The smallest absolute Gasteiger partial charge is 0.416 e. The van der Waals surface area contributed by atoms with Crippen molar-refractivity contribution in [3.05, 3.63) is 23.8 Å². The molecule has 2 aliphatic rings. The first-order valence-corrected chi connectivity index (χ1v) is 8.20. The summed E-state index contributed by atoms with van der Waals surface area (Å²) in [5.74, 6) is 1.47. The lowest BCUT2D eigenvalue weighted by Crippen LogP contribution is -2.44. The van der Waals surface area contributed by atoms with Crippen LogP contribution in [0.4, 0.5) is 13.2 Å². The molecule has 3 nitrogen and oxygen atoms in total. The summed E-state index contributed by atoms with van der Waals surface area (Å²) in [6.45, 7) is 4.11. The van der Waals surface area contributed by atoms with Crippen LogP contribution in [0.3, 0.4) is 0 Å². The van der Waals surface area contributed by atoms with Crippen molar-refractivity contribution in [2.75, 3.05) is 19.7 Å². The fraction of sp³-hybridized carbons (Fsp3) is 0.647. The average molecular weight is 329 g/mol. The highest BCUT2D eigenvalue weighted by atomic mass is 19.4. The molecule has 0 aromatic heterocycles. The van der Waals surface area contributed by atoms with Gasteiger partial charge in [0.1, 0.15) is 6.10 Å². The van der Waals surface area contributed by atoms with Crippen LogP contribution in [0.2, 0.25) is 0 Å². The van der Waals surface area contributed by atoms with E-state index in [1.165, 1.54) is 6.07 Å². The van der Waals surface area contributed by atoms with Crippen molar-refractivity contribution in [2.24, 2.45) is 11.8 Å². The summed E-state index contributed by atoms with van der Waals surface area (Å²) < 4.78 is 50.3. The molecule has 23 heavy (non-hydrogen) atoms. The number of ether oxygens (including phenoxy) is 2. The zero-order chi connectivity index (χ0) is 16.4. The Morgan fingerprint density at radius 3 is 2.43 bits per heavy atom. The quantitative estimate of drug-likeness (QED) is 0.889. The monoisotopic (exact) mass is 329 g/mol. The molecule has 0 radical (unpaired) electrons. The molecule has 128 valence electrons. The molecule has 2 bridgehead atoms. The summed E-state index contributed by atoms with van der Waals surface area (Å²) in [7, 11) is 0. The first-order chi connectivity index (χ1) is 11.0. The van der Waals surface area contributed by atoms with Crippen LogP contribution in [-0.4, -0.2) is 25.8 Å². The number of alkyl halides is 3. The van der Waals surface area contributed by atoms with Crippen molar-refractivity contribution >= 4 is 0 Å². The summed E-state index contributed by atoms with van der Waals surface area (Å²) >= 11 is 0. The van der Waals surface area contributed by atoms with Gasteiger partial charge in [-0.25, -0.2) is 0 Å². The zero-order valence-electron chi connectivity index (χ0n) is 13.2. The Balaban J connectivity index is 1.82. The molecule has 1 unspecified atom stereocenters. The largest absolute Gasteiger partial charge is 0.490 e. The van der Waals surface area contributed by atoms with E-state index < -0.39 is 11.7 Å². The number of benzene rings is 1. The number of hydrogen-bond donors (Lipinski definition) is 1. The summed E-state index contributed by atoms with van der Waals surface area (Å²) in [5.41, 5.74) is -0.704. The maximum absolute atomic E-state index is 12.9. The van der Waals surface area contributed by atoms with E-state index >= 15 is 0 Å². The van der Waals surface area contributed by atoms with Gasteiger partial charge in [-0.3, -0.25) is 0 Å². The van der Waals surface area contributed by atoms with E-state index in [0.717, 1.165) is 44.5 Å². The maximum Gasteiger partial charge on any atom is 0.416 e. The number of piperidine rings is 1. The van der Waals surface area contributed by atoms with Gasteiger partial charge in [0.2, 0.25) is 0 Å². The Kier molecular flexibility index (Phi) is 4.71. The molecule has 3 atom stereocenters. The van der Waals surface area contributed by atoms with Crippen molar-refractivity contribution in [1.29, 1.82) is 0 Å². The van der Waals surface area contributed by atoms with Crippen molar-refractivity contribution < 1.29 is 22.6 Å². The van der Waals surface area contributed by atoms with Gasteiger partial charge < -0.3 is 14.8 Å². The van der Waals surface area contributed by atoms with Crippen LogP contribution in [0.15, 0.2) is 18.2 Å². The highest BCUT2D eigenvalue weighted by molar-refractivity contribution is 5.44. The van der Waals surface area contributed by atoms with Crippen LogP contribution in [0.1, 0.15) is 31.7 Å². The summed E-state index contributed by atoms with van der Waals surface area (Å²) in [4.78, 5) is 0. The number of hydrogen-bond acceptors (Lipinski definition) is 3. The summed E-state index contributed by atoms with van der Waals surface area (Å²) in [5, 5.41) is 3.38.